The van der Waals surface area contributed by atoms with Gasteiger partial charge in [0.15, 0.2) is 5.82 Å². The molecule has 1 aliphatic rings. The molecule has 2 aromatic carbocycles. The van der Waals surface area contributed by atoms with Crippen LogP contribution < -0.4 is 15.1 Å². The summed E-state index contributed by atoms with van der Waals surface area (Å²) in [6.45, 7) is 6.95. The maximum atomic E-state index is 14.0. The zero-order chi connectivity index (χ0) is 19.5. The van der Waals surface area contributed by atoms with E-state index < -0.39 is 0 Å². The number of aromatic nitrogens is 3. The number of rotatable bonds is 4. The first-order chi connectivity index (χ1) is 13.6. The lowest BCUT2D eigenvalue weighted by molar-refractivity contribution is 0.592. The average molecular weight is 378 g/mol. The van der Waals surface area contributed by atoms with Crippen molar-refractivity contribution in [2.75, 3.05) is 41.3 Å². The van der Waals surface area contributed by atoms with Gasteiger partial charge in [0.05, 0.1) is 11.9 Å². The van der Waals surface area contributed by atoms with E-state index >= 15 is 0 Å². The first-order valence-electron chi connectivity index (χ1n) is 9.38. The minimum Gasteiger partial charge on any atom is -0.366 e. The second-order valence-corrected chi connectivity index (χ2v) is 7.01. The van der Waals surface area contributed by atoms with E-state index in [9.17, 15) is 4.39 Å². The summed E-state index contributed by atoms with van der Waals surface area (Å²) in [4.78, 5) is 8.76. The van der Waals surface area contributed by atoms with Crippen LogP contribution in [0.5, 0.6) is 0 Å². The molecule has 28 heavy (non-hydrogen) atoms. The second kappa shape index (κ2) is 7.80. The van der Waals surface area contributed by atoms with Crippen molar-refractivity contribution < 1.29 is 4.39 Å². The summed E-state index contributed by atoms with van der Waals surface area (Å²) in [6, 6.07) is 13.1. The van der Waals surface area contributed by atoms with Crippen molar-refractivity contribution in [3.05, 3.63) is 65.6 Å². The topological polar surface area (TPSA) is 57.2 Å². The molecule has 0 radical (unpaired) electrons. The fraction of sp³-hybridized carbons (Fsp3) is 0.286. The van der Waals surface area contributed by atoms with Gasteiger partial charge in [-0.25, -0.2) is 4.39 Å². The Balaban J connectivity index is 1.45. The quantitative estimate of drug-likeness (QED) is 0.747. The molecule has 1 N–H and O–H groups in total. The highest BCUT2D eigenvalue weighted by Crippen LogP contribution is 2.23. The van der Waals surface area contributed by atoms with Crippen LogP contribution in [0.4, 0.5) is 27.5 Å². The summed E-state index contributed by atoms with van der Waals surface area (Å²) < 4.78 is 14.0. The van der Waals surface area contributed by atoms with Gasteiger partial charge < -0.3 is 15.1 Å². The number of nitrogens with one attached hydrogen (secondary N) is 1. The molecule has 0 unspecified atom stereocenters. The zero-order valence-electron chi connectivity index (χ0n) is 16.1. The predicted octanol–water partition coefficient (Wildman–Crippen LogP) is 3.70. The Morgan fingerprint density at radius 1 is 0.964 bits per heavy atom. The van der Waals surface area contributed by atoms with Crippen LogP contribution in [0, 0.1) is 19.7 Å². The van der Waals surface area contributed by atoms with Gasteiger partial charge in [-0.05, 0) is 43.2 Å². The Kier molecular flexibility index (Phi) is 5.06. The fourth-order valence-electron chi connectivity index (χ4n) is 3.35. The predicted molar refractivity (Wildman–Crippen MR) is 110 cm³/mol. The molecule has 0 aliphatic carbocycles. The molecule has 0 bridgehead atoms. The van der Waals surface area contributed by atoms with Crippen molar-refractivity contribution in [3.63, 3.8) is 0 Å². The van der Waals surface area contributed by atoms with Crippen LogP contribution in [0.3, 0.4) is 0 Å². The molecule has 0 atom stereocenters. The Labute approximate surface area is 164 Å². The van der Waals surface area contributed by atoms with E-state index in [0.717, 1.165) is 11.3 Å². The van der Waals surface area contributed by atoms with Crippen molar-refractivity contribution in [1.82, 2.24) is 15.2 Å². The van der Waals surface area contributed by atoms with Gasteiger partial charge in [0.2, 0.25) is 5.95 Å². The molecule has 1 aliphatic heterocycles. The standard InChI is InChI=1S/C21H23FN6/c1-15-7-8-16(2)18(13-15)24-20-14-23-26-21(25-20)28-11-9-27(10-12-28)19-6-4-3-5-17(19)22/h3-8,13-14H,9-12H2,1-2H3,(H,24,25,26). The van der Waals surface area contributed by atoms with Crippen LogP contribution in [0.25, 0.3) is 0 Å². The summed E-state index contributed by atoms with van der Waals surface area (Å²) in [5, 5.41) is 11.6. The molecule has 3 aromatic rings. The van der Waals surface area contributed by atoms with Crippen molar-refractivity contribution >= 4 is 23.1 Å². The number of benzene rings is 2. The molecule has 6 nitrogen and oxygen atoms in total. The van der Waals surface area contributed by atoms with Gasteiger partial charge in [-0.15, -0.1) is 5.10 Å². The highest BCUT2D eigenvalue weighted by Gasteiger charge is 2.21. The molecule has 1 fully saturated rings. The third-order valence-corrected chi connectivity index (χ3v) is 4.96. The van der Waals surface area contributed by atoms with E-state index in [-0.39, 0.29) is 5.82 Å². The number of aryl methyl sites for hydroxylation is 2. The van der Waals surface area contributed by atoms with E-state index in [1.807, 2.05) is 12.1 Å². The third kappa shape index (κ3) is 3.88. The number of para-hydroxylation sites is 1. The fourth-order valence-corrected chi connectivity index (χ4v) is 3.35. The van der Waals surface area contributed by atoms with Crippen molar-refractivity contribution in [2.45, 2.75) is 13.8 Å². The summed E-state index contributed by atoms with van der Waals surface area (Å²) in [5.41, 5.74) is 3.98. The molecule has 7 heteroatoms. The summed E-state index contributed by atoms with van der Waals surface area (Å²) in [6.07, 6.45) is 1.63. The van der Waals surface area contributed by atoms with Crippen LogP contribution in [0.15, 0.2) is 48.7 Å². The number of nitrogens with zero attached hydrogens (tertiary/aromatic N) is 5. The summed E-state index contributed by atoms with van der Waals surface area (Å²) in [5.74, 6) is 1.06. The van der Waals surface area contributed by atoms with E-state index in [2.05, 4.69) is 62.3 Å². The van der Waals surface area contributed by atoms with Gasteiger partial charge >= 0.3 is 0 Å². The van der Waals surface area contributed by atoms with Crippen molar-refractivity contribution in [3.8, 4) is 0 Å². The lowest BCUT2D eigenvalue weighted by atomic mass is 10.1. The third-order valence-electron chi connectivity index (χ3n) is 4.96. The molecular formula is C21H23FN6. The van der Waals surface area contributed by atoms with Gasteiger partial charge in [0, 0.05) is 31.9 Å². The minimum atomic E-state index is -0.186. The van der Waals surface area contributed by atoms with Gasteiger partial charge in [0.1, 0.15) is 5.82 Å². The molecule has 1 saturated heterocycles. The van der Waals surface area contributed by atoms with Crippen molar-refractivity contribution in [1.29, 1.82) is 0 Å². The molecule has 1 aromatic heterocycles. The SMILES string of the molecule is Cc1ccc(C)c(Nc2cnnc(N3CCN(c4ccccc4F)CC3)n2)c1. The smallest absolute Gasteiger partial charge is 0.247 e. The second-order valence-electron chi connectivity index (χ2n) is 7.01. The Hall–Kier alpha value is -3.22. The maximum Gasteiger partial charge on any atom is 0.247 e. The van der Waals surface area contributed by atoms with Crippen LogP contribution in [0.1, 0.15) is 11.1 Å². The highest BCUT2D eigenvalue weighted by atomic mass is 19.1. The zero-order valence-corrected chi connectivity index (χ0v) is 16.1. The van der Waals surface area contributed by atoms with Crippen LogP contribution >= 0.6 is 0 Å². The van der Waals surface area contributed by atoms with Gasteiger partial charge in [-0.3, -0.25) is 0 Å². The molecular weight excluding hydrogens is 355 g/mol. The Morgan fingerprint density at radius 3 is 2.50 bits per heavy atom. The molecule has 0 amide bonds. The van der Waals surface area contributed by atoms with E-state index in [0.29, 0.717) is 43.6 Å². The van der Waals surface area contributed by atoms with Crippen LogP contribution in [-0.4, -0.2) is 41.4 Å². The van der Waals surface area contributed by atoms with Crippen LogP contribution in [-0.2, 0) is 0 Å². The molecule has 2 heterocycles. The minimum absolute atomic E-state index is 0.186. The monoisotopic (exact) mass is 378 g/mol. The van der Waals surface area contributed by atoms with Crippen LogP contribution in [0.2, 0.25) is 0 Å². The maximum absolute atomic E-state index is 14.0. The number of hydrogen-bond acceptors (Lipinski definition) is 6. The largest absolute Gasteiger partial charge is 0.366 e. The van der Waals surface area contributed by atoms with Crippen molar-refractivity contribution in [2.24, 2.45) is 0 Å². The molecule has 144 valence electrons. The molecule has 0 spiro atoms. The highest BCUT2D eigenvalue weighted by molar-refractivity contribution is 5.61. The average Bonchev–Trinajstić information content (AvgIpc) is 2.72. The number of halogens is 1. The van der Waals surface area contributed by atoms with E-state index in [4.69, 9.17) is 0 Å². The summed E-state index contributed by atoms with van der Waals surface area (Å²) in [7, 11) is 0. The summed E-state index contributed by atoms with van der Waals surface area (Å²) >= 11 is 0. The first kappa shape index (κ1) is 18.2. The normalized spacial score (nSPS) is 14.2. The molecule has 4 rings (SSSR count). The molecule has 0 saturated carbocycles. The number of piperazine rings is 1. The van der Waals surface area contributed by atoms with E-state index in [1.54, 1.807) is 12.3 Å². The van der Waals surface area contributed by atoms with Gasteiger partial charge in [-0.1, -0.05) is 24.3 Å². The lowest BCUT2D eigenvalue weighted by Crippen LogP contribution is -2.47. The number of hydrogen-bond donors (Lipinski definition) is 1. The lowest BCUT2D eigenvalue weighted by Gasteiger charge is -2.36. The number of anilines is 4. The Morgan fingerprint density at radius 2 is 1.71 bits per heavy atom. The van der Waals surface area contributed by atoms with Gasteiger partial charge in [0.25, 0.3) is 0 Å². The first-order valence-corrected chi connectivity index (χ1v) is 9.38. The van der Waals surface area contributed by atoms with Gasteiger partial charge in [-0.2, -0.15) is 10.1 Å². The Bertz CT molecular complexity index is 969. The van der Waals surface area contributed by atoms with E-state index in [1.165, 1.54) is 11.6 Å².